The van der Waals surface area contributed by atoms with Crippen LogP contribution in [0.1, 0.15) is 31.9 Å². The second-order valence-corrected chi connectivity index (χ2v) is 13.9. The summed E-state index contributed by atoms with van der Waals surface area (Å²) in [6.07, 6.45) is 3.34. The number of epoxide rings is 1. The average molecular weight is 655 g/mol. The van der Waals surface area contributed by atoms with E-state index in [4.69, 9.17) is 23.7 Å². The summed E-state index contributed by atoms with van der Waals surface area (Å²) in [6, 6.07) is 18.6. The fourth-order valence-electron chi connectivity index (χ4n) is 9.34. The lowest BCUT2D eigenvalue weighted by Gasteiger charge is -2.61. The van der Waals surface area contributed by atoms with Crippen molar-refractivity contribution >= 4 is 17.8 Å². The molecule has 8 rings (SSSR count). The first-order chi connectivity index (χ1) is 22.9. The Bertz CT molecular complexity index is 1790. The van der Waals surface area contributed by atoms with Crippen molar-refractivity contribution in [1.82, 2.24) is 0 Å². The number of fused-ring (bicyclic) bond motifs is 3. The third-order valence-electron chi connectivity index (χ3n) is 11.5. The maximum absolute atomic E-state index is 13.9. The van der Waals surface area contributed by atoms with Crippen LogP contribution < -0.4 is 0 Å². The molecule has 2 saturated carbocycles. The summed E-state index contributed by atoms with van der Waals surface area (Å²) in [4.78, 5) is 27.5. The molecule has 4 unspecified atom stereocenters. The number of esters is 1. The molecule has 10 heteroatoms. The molecule has 0 spiro atoms. The monoisotopic (exact) mass is 654 g/mol. The van der Waals surface area contributed by atoms with Gasteiger partial charge < -0.3 is 39.0 Å². The first-order valence-electron chi connectivity index (χ1n) is 16.2. The number of rotatable bonds is 7. The normalized spacial score (nSPS) is 45.0. The number of aliphatic hydroxyl groups is 3. The van der Waals surface area contributed by atoms with Gasteiger partial charge in [-0.15, -0.1) is 0 Å². The maximum Gasteiger partial charge on any atom is 0.331 e. The minimum Gasteiger partial charge on any atom is -0.455 e. The Morgan fingerprint density at radius 3 is 2.38 bits per heavy atom. The topological polar surface area (TPSA) is 144 Å². The number of aliphatic hydroxyl groups excluding tert-OH is 2. The SMILES string of the molecule is C=C(C)[C@@]12OC3(c4ccccc4)O[C@@H]1[C@@H]1C4OC4(CO)[C@@H](O)[C@]4(O)C(=O)C(C)=C[C@H]4[C@@]1(O3)C(C)[C@H]2OC(=O)/C=C/C=C/c1ccccc1. The third kappa shape index (κ3) is 3.76. The number of carbonyl (C=O) groups excluding carboxylic acids is 2. The Balaban J connectivity index is 1.29. The Kier molecular flexibility index (Phi) is 6.82. The first kappa shape index (κ1) is 31.5. The highest BCUT2D eigenvalue weighted by Crippen LogP contribution is 2.74. The highest BCUT2D eigenvalue weighted by molar-refractivity contribution is 6.05. The predicted molar refractivity (Wildman–Crippen MR) is 170 cm³/mol. The summed E-state index contributed by atoms with van der Waals surface area (Å²) >= 11 is 0. The van der Waals surface area contributed by atoms with Crippen LogP contribution in [-0.2, 0) is 39.2 Å². The molecule has 250 valence electrons. The molecule has 3 bridgehead atoms. The van der Waals surface area contributed by atoms with E-state index in [1.165, 1.54) is 6.08 Å². The molecule has 0 aromatic heterocycles. The molecule has 5 fully saturated rings. The Morgan fingerprint density at radius 2 is 1.71 bits per heavy atom. The summed E-state index contributed by atoms with van der Waals surface area (Å²) in [5.41, 5.74) is -4.99. The van der Waals surface area contributed by atoms with Crippen molar-refractivity contribution in [3.05, 3.63) is 114 Å². The van der Waals surface area contributed by atoms with E-state index in [1.807, 2.05) is 49.4 Å². The molecule has 3 heterocycles. The van der Waals surface area contributed by atoms with Gasteiger partial charge in [0.05, 0.1) is 12.2 Å². The number of ether oxygens (including phenoxy) is 5. The van der Waals surface area contributed by atoms with E-state index in [9.17, 15) is 24.9 Å². The van der Waals surface area contributed by atoms with E-state index >= 15 is 0 Å². The van der Waals surface area contributed by atoms with Crippen LogP contribution in [-0.4, -0.2) is 80.5 Å². The van der Waals surface area contributed by atoms with Crippen LogP contribution in [0.3, 0.4) is 0 Å². The first-order valence-corrected chi connectivity index (χ1v) is 16.2. The lowest BCUT2D eigenvalue weighted by Crippen LogP contribution is -2.76. The van der Waals surface area contributed by atoms with Crippen molar-refractivity contribution in [2.24, 2.45) is 17.8 Å². The van der Waals surface area contributed by atoms with Crippen LogP contribution in [0.25, 0.3) is 6.08 Å². The summed E-state index contributed by atoms with van der Waals surface area (Å²) in [6.45, 7) is 8.79. The number of hydrogen-bond acceptors (Lipinski definition) is 10. The molecular formula is C38H38O10. The number of benzene rings is 2. The van der Waals surface area contributed by atoms with Gasteiger partial charge in [-0.3, -0.25) is 4.79 Å². The fourth-order valence-corrected chi connectivity index (χ4v) is 9.34. The number of Topliss-reactive ketones (excluding diaryl/α,β-unsaturated/α-hetero) is 1. The lowest BCUT2D eigenvalue weighted by atomic mass is 9.53. The van der Waals surface area contributed by atoms with Gasteiger partial charge in [-0.2, -0.15) is 0 Å². The summed E-state index contributed by atoms with van der Waals surface area (Å²) in [5, 5.41) is 34.9. The zero-order valence-corrected chi connectivity index (χ0v) is 26.8. The van der Waals surface area contributed by atoms with E-state index in [0.29, 0.717) is 11.1 Å². The van der Waals surface area contributed by atoms with Gasteiger partial charge in [0.15, 0.2) is 17.0 Å². The van der Waals surface area contributed by atoms with E-state index in [1.54, 1.807) is 56.3 Å². The Morgan fingerprint density at radius 1 is 1.02 bits per heavy atom. The van der Waals surface area contributed by atoms with Gasteiger partial charge in [0.1, 0.15) is 30.0 Å². The molecule has 10 nitrogen and oxygen atoms in total. The van der Waals surface area contributed by atoms with E-state index in [2.05, 4.69) is 6.58 Å². The number of allylic oxidation sites excluding steroid dienone is 2. The van der Waals surface area contributed by atoms with Gasteiger partial charge >= 0.3 is 11.9 Å². The van der Waals surface area contributed by atoms with Gasteiger partial charge in [0.25, 0.3) is 0 Å². The molecule has 6 aliphatic rings. The summed E-state index contributed by atoms with van der Waals surface area (Å²) < 4.78 is 33.4. The number of ketones is 1. The van der Waals surface area contributed by atoms with Crippen molar-refractivity contribution in [2.45, 2.75) is 73.6 Å². The Hall–Kier alpha value is -3.74. The van der Waals surface area contributed by atoms with Crippen LogP contribution in [0.15, 0.2) is 103 Å². The molecule has 2 aromatic rings. The van der Waals surface area contributed by atoms with Crippen molar-refractivity contribution in [2.75, 3.05) is 6.61 Å². The summed E-state index contributed by atoms with van der Waals surface area (Å²) in [5.74, 6) is -5.98. The molecule has 3 aliphatic carbocycles. The Labute approximate surface area is 277 Å². The zero-order valence-electron chi connectivity index (χ0n) is 26.8. The standard InChI is InChI=1S/C38H38O10/c1-21(2)36-30(44-27(40)18-12-11-15-24-13-7-5-8-14-24)23(4)37-26-19-22(3)29(41)35(26,43)33(42)34(20-39)31(45-34)28(37)32(36)46-38(47-36,48-37)25-16-9-6-10-17-25/h5-19,23,26,28,30-33,39,42-43H,1,20H2,2-4H3/b15-11+,18-12+/t23?,26-,28+,30-,31?,32-,33-,34?,35-,36+,37+,38?/m1/s1. The molecule has 0 amide bonds. The quantitative estimate of drug-likeness (QED) is 0.134. The van der Waals surface area contributed by atoms with Crippen molar-refractivity contribution in [1.29, 1.82) is 0 Å². The van der Waals surface area contributed by atoms with Gasteiger partial charge in [-0.05, 0) is 30.6 Å². The molecule has 48 heavy (non-hydrogen) atoms. The molecule has 2 aromatic carbocycles. The van der Waals surface area contributed by atoms with Crippen LogP contribution in [0.5, 0.6) is 0 Å². The second-order valence-electron chi connectivity index (χ2n) is 13.9. The van der Waals surface area contributed by atoms with E-state index in [0.717, 1.165) is 5.56 Å². The smallest absolute Gasteiger partial charge is 0.331 e. The fraction of sp³-hybridized carbons (Fsp3) is 0.421. The van der Waals surface area contributed by atoms with Gasteiger partial charge in [-0.25, -0.2) is 4.79 Å². The van der Waals surface area contributed by atoms with E-state index < -0.39 is 88.9 Å². The number of carbonyl (C=O) groups is 2. The van der Waals surface area contributed by atoms with Crippen LogP contribution in [0, 0.1) is 17.8 Å². The third-order valence-corrected chi connectivity index (χ3v) is 11.5. The maximum atomic E-state index is 13.9. The zero-order chi connectivity index (χ0) is 33.9. The van der Waals surface area contributed by atoms with Crippen LogP contribution in [0.2, 0.25) is 0 Å². The van der Waals surface area contributed by atoms with Gasteiger partial charge in [-0.1, -0.05) is 98.5 Å². The predicted octanol–water partition coefficient (Wildman–Crippen LogP) is 3.12. The highest BCUT2D eigenvalue weighted by Gasteiger charge is 2.90. The molecule has 0 radical (unpaired) electrons. The van der Waals surface area contributed by atoms with Crippen LogP contribution in [0.4, 0.5) is 0 Å². The molecule has 3 aliphatic heterocycles. The van der Waals surface area contributed by atoms with Gasteiger partial charge in [0, 0.05) is 29.4 Å². The van der Waals surface area contributed by atoms with Crippen molar-refractivity contribution in [3.63, 3.8) is 0 Å². The minimum atomic E-state index is -2.43. The van der Waals surface area contributed by atoms with Crippen molar-refractivity contribution < 1.29 is 48.6 Å². The van der Waals surface area contributed by atoms with E-state index in [-0.39, 0.29) is 5.57 Å². The van der Waals surface area contributed by atoms with Gasteiger partial charge in [0.2, 0.25) is 0 Å². The van der Waals surface area contributed by atoms with Crippen LogP contribution >= 0.6 is 0 Å². The lowest BCUT2D eigenvalue weighted by molar-refractivity contribution is -0.440. The largest absolute Gasteiger partial charge is 0.455 e. The average Bonchev–Trinajstić information content (AvgIpc) is 3.71. The summed E-state index contributed by atoms with van der Waals surface area (Å²) in [7, 11) is 0. The van der Waals surface area contributed by atoms with Crippen molar-refractivity contribution in [3.8, 4) is 0 Å². The second kappa shape index (κ2) is 10.4. The molecular weight excluding hydrogens is 616 g/mol. The highest BCUT2D eigenvalue weighted by atomic mass is 16.9. The molecule has 3 N–H and O–H groups in total. The minimum absolute atomic E-state index is 0.226. The molecule has 3 saturated heterocycles. The molecule has 12 atom stereocenters. The number of hydrogen-bond donors (Lipinski definition) is 3.